The maximum absolute atomic E-state index is 14.8. The Labute approximate surface area is 314 Å². The van der Waals surface area contributed by atoms with Gasteiger partial charge in [0.15, 0.2) is 11.7 Å². The van der Waals surface area contributed by atoms with Gasteiger partial charge in [-0.25, -0.2) is 0 Å². The molecule has 52 heavy (non-hydrogen) atoms. The monoisotopic (exact) mass is 739 g/mol. The topological polar surface area (TPSA) is 149 Å². The summed E-state index contributed by atoms with van der Waals surface area (Å²) in [5.41, 5.74) is -0.342. The summed E-state index contributed by atoms with van der Waals surface area (Å²) in [7, 11) is 0. The predicted molar refractivity (Wildman–Crippen MR) is 202 cm³/mol. The largest absolute Gasteiger partial charge is 0.387 e. The number of amides is 4. The fraction of sp³-hybridized carbons (Fsp3) is 0.675. The molecule has 3 aliphatic rings. The molecular weight excluding hydrogens is 682 g/mol. The van der Waals surface area contributed by atoms with E-state index in [1.807, 2.05) is 53.7 Å². The number of rotatable bonds is 14. The number of hydrogen-bond acceptors (Lipinski definition) is 7. The predicted octanol–water partition coefficient (Wildman–Crippen LogP) is 5.12. The number of halogens is 1. The van der Waals surface area contributed by atoms with Crippen molar-refractivity contribution in [2.24, 2.45) is 22.4 Å². The zero-order valence-corrected chi connectivity index (χ0v) is 32.4. The number of nitrogens with one attached hydrogen (secondary N) is 3. The number of benzene rings is 1. The Morgan fingerprint density at radius 2 is 1.83 bits per heavy atom. The molecule has 4 N–H and O–H groups in total. The van der Waals surface area contributed by atoms with Gasteiger partial charge in [-0.2, -0.15) is 0 Å². The van der Waals surface area contributed by atoms with E-state index in [9.17, 15) is 24.3 Å². The van der Waals surface area contributed by atoms with E-state index in [1.165, 1.54) is 4.90 Å². The Morgan fingerprint density at radius 3 is 2.44 bits per heavy atom. The van der Waals surface area contributed by atoms with Crippen LogP contribution in [-0.4, -0.2) is 81.8 Å². The van der Waals surface area contributed by atoms with Gasteiger partial charge < -0.3 is 30.8 Å². The van der Waals surface area contributed by atoms with Crippen LogP contribution in [0.25, 0.3) is 0 Å². The van der Waals surface area contributed by atoms with Gasteiger partial charge in [0.2, 0.25) is 17.7 Å². The molecule has 1 spiro atoms. The third kappa shape index (κ3) is 10.1. The highest BCUT2D eigenvalue weighted by Gasteiger charge is 2.56. The fourth-order valence-corrected chi connectivity index (χ4v) is 7.86. The smallest absolute Gasteiger partial charge is 0.251 e. The lowest BCUT2D eigenvalue weighted by molar-refractivity contribution is -0.145. The molecule has 1 aromatic rings. The molecule has 12 heteroatoms. The van der Waals surface area contributed by atoms with E-state index < -0.39 is 58.9 Å². The van der Waals surface area contributed by atoms with Crippen LogP contribution >= 0.6 is 11.6 Å². The number of aliphatic hydroxyl groups excluding tert-OH is 1. The van der Waals surface area contributed by atoms with Gasteiger partial charge in [0, 0.05) is 35.9 Å². The molecule has 4 amide bonds. The second-order valence-electron chi connectivity index (χ2n) is 16.1. The molecule has 0 radical (unpaired) electrons. The molecule has 1 aromatic carbocycles. The molecule has 4 rings (SSSR count). The normalized spacial score (nSPS) is 23.4. The summed E-state index contributed by atoms with van der Waals surface area (Å²) >= 11 is 6.28. The zero-order chi connectivity index (χ0) is 38.2. The van der Waals surface area contributed by atoms with Gasteiger partial charge >= 0.3 is 0 Å². The summed E-state index contributed by atoms with van der Waals surface area (Å²) < 4.78 is 0. The summed E-state index contributed by atoms with van der Waals surface area (Å²) in [6.45, 7) is 11.3. The Bertz CT molecular complexity index is 1510. The maximum atomic E-state index is 14.8. The SMILES string of the molecule is C#CC[C@H](C(=O)N[C@H](C(=O)N1C[C@@]2(CC(c3cccc(Cl)c3)=NO2)C[C@H]1C(=O)N[C@@H](CCC)C(O)C(=O)NC(C)CC)C(C)(C)C)C1CCCCC1. The molecule has 0 aromatic heterocycles. The number of hydrogen-bond donors (Lipinski definition) is 4. The van der Waals surface area contributed by atoms with Gasteiger partial charge in [-0.1, -0.05) is 89.2 Å². The summed E-state index contributed by atoms with van der Waals surface area (Å²) in [6, 6.07) is 4.18. The van der Waals surface area contributed by atoms with Crippen molar-refractivity contribution in [3.05, 3.63) is 34.9 Å². The van der Waals surface area contributed by atoms with Crippen molar-refractivity contribution in [2.75, 3.05) is 6.54 Å². The van der Waals surface area contributed by atoms with Gasteiger partial charge in [-0.3, -0.25) is 19.2 Å². The second kappa shape index (κ2) is 17.9. The summed E-state index contributed by atoms with van der Waals surface area (Å²) in [5, 5.41) is 24.8. The van der Waals surface area contributed by atoms with Gasteiger partial charge in [0.25, 0.3) is 5.91 Å². The van der Waals surface area contributed by atoms with Gasteiger partial charge in [0.05, 0.1) is 24.2 Å². The van der Waals surface area contributed by atoms with E-state index in [1.54, 1.807) is 12.1 Å². The van der Waals surface area contributed by atoms with Crippen LogP contribution in [0.15, 0.2) is 29.4 Å². The number of carbonyl (C=O) groups is 4. The van der Waals surface area contributed by atoms with Crippen molar-refractivity contribution in [2.45, 2.75) is 148 Å². The van der Waals surface area contributed by atoms with Crippen LogP contribution in [0.2, 0.25) is 5.02 Å². The average Bonchev–Trinajstić information content (AvgIpc) is 3.71. The van der Waals surface area contributed by atoms with E-state index in [2.05, 4.69) is 27.0 Å². The lowest BCUT2D eigenvalue weighted by Crippen LogP contribution is -2.60. The van der Waals surface area contributed by atoms with Crippen molar-refractivity contribution in [3.8, 4) is 12.3 Å². The first-order valence-corrected chi connectivity index (χ1v) is 19.3. The number of nitrogens with zero attached hydrogens (tertiary/aromatic N) is 2. The Hall–Kier alpha value is -3.62. The van der Waals surface area contributed by atoms with Crippen molar-refractivity contribution in [3.63, 3.8) is 0 Å². The van der Waals surface area contributed by atoms with Crippen LogP contribution in [0.3, 0.4) is 0 Å². The van der Waals surface area contributed by atoms with E-state index in [4.69, 9.17) is 22.9 Å². The summed E-state index contributed by atoms with van der Waals surface area (Å²) in [6.07, 6.45) is 11.6. The van der Waals surface area contributed by atoms with Crippen LogP contribution in [0.4, 0.5) is 0 Å². The number of likely N-dealkylation sites (tertiary alicyclic amines) is 1. The van der Waals surface area contributed by atoms with Crippen LogP contribution in [0, 0.1) is 29.6 Å². The highest BCUT2D eigenvalue weighted by molar-refractivity contribution is 6.31. The van der Waals surface area contributed by atoms with Crippen molar-refractivity contribution >= 4 is 40.9 Å². The lowest BCUT2D eigenvalue weighted by Gasteiger charge is -2.37. The minimum absolute atomic E-state index is 0.0336. The molecule has 0 bridgehead atoms. The lowest BCUT2D eigenvalue weighted by atomic mass is 9.77. The van der Waals surface area contributed by atoms with E-state index in [0.29, 0.717) is 36.4 Å². The quantitative estimate of drug-likeness (QED) is 0.195. The molecule has 2 fully saturated rings. The first-order chi connectivity index (χ1) is 24.6. The Morgan fingerprint density at radius 1 is 1.12 bits per heavy atom. The third-order valence-corrected chi connectivity index (χ3v) is 11.1. The number of oxime groups is 1. The summed E-state index contributed by atoms with van der Waals surface area (Å²) in [4.78, 5) is 63.6. The minimum Gasteiger partial charge on any atom is -0.387 e. The highest BCUT2D eigenvalue weighted by atomic mass is 35.5. The first kappa shape index (κ1) is 41.1. The molecule has 11 nitrogen and oxygen atoms in total. The molecule has 7 atom stereocenters. The Kier molecular flexibility index (Phi) is 14.2. The van der Waals surface area contributed by atoms with Crippen LogP contribution < -0.4 is 16.0 Å². The Balaban J connectivity index is 1.64. The molecular formula is C40H58ClN5O6. The highest BCUT2D eigenvalue weighted by Crippen LogP contribution is 2.40. The van der Waals surface area contributed by atoms with Crippen LogP contribution in [-0.2, 0) is 24.0 Å². The van der Waals surface area contributed by atoms with E-state index in [0.717, 1.165) is 37.7 Å². The maximum Gasteiger partial charge on any atom is 0.251 e. The average molecular weight is 740 g/mol. The van der Waals surface area contributed by atoms with E-state index in [-0.39, 0.29) is 37.3 Å². The standard InChI is InChI=1S/C40H58ClN5O6/c1-8-15-29(26-17-12-11-13-18-26)35(48)44-34(39(5,6)7)38(51)46-24-40(22-31(45-52-40)27-19-14-20-28(41)21-27)23-32(46)36(49)43-30(16-9-2)33(47)37(50)42-25(4)10-3/h1,14,19-21,25-26,29-30,32-34,47H,9-13,15-18,22-24H2,2-7H3,(H,42,50)(H,43,49)(H,44,48)/t25?,29-,30-,32-,33?,34+,40+/m0/s1. The van der Waals surface area contributed by atoms with Crippen molar-refractivity contribution < 1.29 is 29.1 Å². The molecule has 1 saturated carbocycles. The van der Waals surface area contributed by atoms with Crippen molar-refractivity contribution in [1.82, 2.24) is 20.9 Å². The van der Waals surface area contributed by atoms with E-state index >= 15 is 0 Å². The van der Waals surface area contributed by atoms with Gasteiger partial charge in [-0.15, -0.1) is 12.3 Å². The van der Waals surface area contributed by atoms with Gasteiger partial charge in [0.1, 0.15) is 12.1 Å². The minimum atomic E-state index is -1.49. The molecule has 2 heterocycles. The fourth-order valence-electron chi connectivity index (χ4n) is 7.66. The molecule has 2 unspecified atom stereocenters. The summed E-state index contributed by atoms with van der Waals surface area (Å²) in [5.74, 6) is 0.626. The molecule has 2 aliphatic heterocycles. The van der Waals surface area contributed by atoms with Gasteiger partial charge in [-0.05, 0) is 56.1 Å². The van der Waals surface area contributed by atoms with Crippen LogP contribution in [0.5, 0.6) is 0 Å². The number of aliphatic hydroxyl groups is 1. The zero-order valence-electron chi connectivity index (χ0n) is 31.7. The number of carbonyl (C=O) groups excluding carboxylic acids is 4. The second-order valence-corrected chi connectivity index (χ2v) is 16.5. The molecule has 1 saturated heterocycles. The van der Waals surface area contributed by atoms with Crippen LogP contribution in [0.1, 0.15) is 118 Å². The number of terminal acetylenes is 1. The molecule has 1 aliphatic carbocycles. The third-order valence-electron chi connectivity index (χ3n) is 10.9. The first-order valence-electron chi connectivity index (χ1n) is 19.0. The van der Waals surface area contributed by atoms with Crippen molar-refractivity contribution in [1.29, 1.82) is 0 Å². The molecule has 286 valence electrons.